The summed E-state index contributed by atoms with van der Waals surface area (Å²) < 4.78 is 66.0. The number of fused-ring (bicyclic) bond motifs is 1. The van der Waals surface area contributed by atoms with E-state index in [1.807, 2.05) is 13.0 Å². The Balaban J connectivity index is 1.46. The normalized spacial score (nSPS) is 31.8. The Morgan fingerprint density at radius 1 is 1.11 bits per heavy atom. The fourth-order valence-corrected chi connectivity index (χ4v) is 9.27. The van der Waals surface area contributed by atoms with Crippen LogP contribution in [0.3, 0.4) is 0 Å². The Morgan fingerprint density at radius 2 is 1.83 bits per heavy atom. The molecular weight excluding hydrogens is 887 g/mol. The third kappa shape index (κ3) is 12.4. The molecule has 65 heavy (non-hydrogen) atoms. The molecule has 5 rings (SSSR count). The largest absolute Gasteiger partial charge is 0.463 e. The van der Waals surface area contributed by atoms with Crippen molar-refractivity contribution in [2.24, 2.45) is 17.4 Å². The Labute approximate surface area is 376 Å². The van der Waals surface area contributed by atoms with E-state index in [1.165, 1.54) is 0 Å². The monoisotopic (exact) mass is 950 g/mol. The SMILES string of the molecule is CCCCCC(=O)OCC1OC(O[C@@H]2C[C@H]3C(O)C4(C2)OC(=O)N[C@H]4[C@H](C(=O)NCCC2=CC[N+](=C(N)N)C2)N3C(=O)[C@@H](CC(C)C)NC(=O)C(COS(=O)(=O)O)OC)C(O)[C@@H](O)C1O. The van der Waals surface area contributed by atoms with E-state index in [0.717, 1.165) is 30.4 Å². The number of esters is 1. The molecule has 368 valence electrons. The number of nitrogens with two attached hydrogens (primary N) is 2. The minimum atomic E-state index is -5.00. The van der Waals surface area contributed by atoms with Gasteiger partial charge >= 0.3 is 28.4 Å². The number of hydrogen-bond acceptors (Lipinski definition) is 17. The van der Waals surface area contributed by atoms with Crippen LogP contribution in [-0.4, -0.2) is 197 Å². The minimum Gasteiger partial charge on any atom is -0.463 e. The van der Waals surface area contributed by atoms with E-state index in [-0.39, 0.29) is 44.1 Å². The van der Waals surface area contributed by atoms with Crippen LogP contribution >= 0.6 is 0 Å². The average molecular weight is 951 g/mol. The molecule has 26 heteroatoms. The highest BCUT2D eigenvalue weighted by atomic mass is 32.3. The highest BCUT2D eigenvalue weighted by molar-refractivity contribution is 7.80. The maximum Gasteiger partial charge on any atom is 0.408 e. The van der Waals surface area contributed by atoms with Gasteiger partial charge in [0.1, 0.15) is 61.9 Å². The van der Waals surface area contributed by atoms with E-state index in [9.17, 15) is 48.0 Å². The second-order valence-corrected chi connectivity index (χ2v) is 18.4. The number of carbonyl (C=O) groups is 5. The van der Waals surface area contributed by atoms with Crippen molar-refractivity contribution in [2.45, 2.75) is 151 Å². The zero-order valence-electron chi connectivity index (χ0n) is 36.8. The molecule has 0 aromatic rings. The van der Waals surface area contributed by atoms with Gasteiger partial charge in [-0.1, -0.05) is 33.6 Å². The zero-order chi connectivity index (χ0) is 48.0. The molecule has 4 heterocycles. The van der Waals surface area contributed by atoms with Crippen LogP contribution in [0.15, 0.2) is 11.6 Å². The Hall–Kier alpha value is -4.25. The van der Waals surface area contributed by atoms with Gasteiger partial charge in [-0.25, -0.2) is 8.98 Å². The van der Waals surface area contributed by atoms with Crippen LogP contribution in [0, 0.1) is 5.92 Å². The van der Waals surface area contributed by atoms with Crippen LogP contribution in [0.4, 0.5) is 4.79 Å². The first kappa shape index (κ1) is 51.7. The maximum absolute atomic E-state index is 15.1. The Morgan fingerprint density at radius 3 is 2.46 bits per heavy atom. The first-order valence-corrected chi connectivity index (χ1v) is 23.0. The number of nitrogens with zero attached hydrogens (tertiary/aromatic N) is 2. The summed E-state index contributed by atoms with van der Waals surface area (Å²) in [5.41, 5.74) is 10.4. The molecule has 1 spiro atoms. The number of hydrogen-bond donors (Lipinski definition) is 10. The first-order chi connectivity index (χ1) is 30.6. The predicted octanol–water partition coefficient (Wildman–Crippen LogP) is -4.02. The van der Waals surface area contributed by atoms with Gasteiger partial charge in [0.25, 0.3) is 5.91 Å². The maximum atomic E-state index is 15.1. The lowest BCUT2D eigenvalue weighted by Crippen LogP contribution is -2.80. The number of piperidine rings is 1. The third-order valence-corrected chi connectivity index (χ3v) is 12.7. The lowest BCUT2D eigenvalue weighted by atomic mass is 9.66. The van der Waals surface area contributed by atoms with E-state index < -0.39 is 132 Å². The van der Waals surface area contributed by atoms with Gasteiger partial charge in [-0.2, -0.15) is 8.42 Å². The van der Waals surface area contributed by atoms with Crippen LogP contribution in [0.1, 0.15) is 72.1 Å². The van der Waals surface area contributed by atoms with Crippen molar-refractivity contribution in [3.63, 3.8) is 0 Å². The predicted molar refractivity (Wildman–Crippen MR) is 221 cm³/mol. The van der Waals surface area contributed by atoms with Crippen molar-refractivity contribution in [3.05, 3.63) is 11.6 Å². The molecule has 25 nitrogen and oxygen atoms in total. The summed E-state index contributed by atoms with van der Waals surface area (Å²) in [6, 6.07) is -5.96. The van der Waals surface area contributed by atoms with Gasteiger partial charge in [0.2, 0.25) is 11.8 Å². The molecule has 5 aliphatic rings. The molecule has 4 aliphatic heterocycles. The molecule has 0 aromatic heterocycles. The van der Waals surface area contributed by atoms with E-state index in [2.05, 4.69) is 20.1 Å². The molecule has 13 atom stereocenters. The van der Waals surface area contributed by atoms with Crippen LogP contribution in [-0.2, 0) is 57.4 Å². The lowest BCUT2D eigenvalue weighted by Gasteiger charge is -2.58. The molecule has 1 saturated carbocycles. The number of likely N-dealkylation sites (tertiary alicyclic amines) is 1. The van der Waals surface area contributed by atoms with Crippen LogP contribution in [0.5, 0.6) is 0 Å². The van der Waals surface area contributed by atoms with Crippen molar-refractivity contribution < 1.29 is 89.8 Å². The number of methoxy groups -OCH3 is 1. The van der Waals surface area contributed by atoms with Crippen molar-refractivity contribution >= 4 is 46.1 Å². The number of carbonyl (C=O) groups excluding carboxylic acids is 5. The van der Waals surface area contributed by atoms with Gasteiger partial charge in [-0.05, 0) is 43.3 Å². The van der Waals surface area contributed by atoms with E-state index in [4.69, 9.17) is 39.7 Å². The quantitative estimate of drug-likeness (QED) is 0.0131. The van der Waals surface area contributed by atoms with Crippen LogP contribution in [0.25, 0.3) is 0 Å². The molecule has 12 N–H and O–H groups in total. The van der Waals surface area contributed by atoms with Gasteiger partial charge in [0.15, 0.2) is 18.0 Å². The van der Waals surface area contributed by atoms with Crippen molar-refractivity contribution in [3.8, 4) is 0 Å². The summed E-state index contributed by atoms with van der Waals surface area (Å²) in [7, 11) is -3.95. The van der Waals surface area contributed by atoms with Crippen LogP contribution < -0.4 is 27.4 Å². The molecule has 4 amide bonds. The zero-order valence-corrected chi connectivity index (χ0v) is 37.6. The molecule has 4 fully saturated rings. The van der Waals surface area contributed by atoms with E-state index in [1.54, 1.807) is 18.4 Å². The van der Waals surface area contributed by atoms with Crippen LogP contribution in [0.2, 0.25) is 0 Å². The second-order valence-electron chi connectivity index (χ2n) is 17.4. The standard InChI is InChI=1S/C39H63N7O18S/c1-5-6-7-8-26(47)60-17-24-28(48)29(49)30(50)36(63-24)62-21-14-23-32(51)39(15-21)31(44-38(55)64-39)27(34(53)42-11-9-20-10-12-45(16-20)37(40)41)46(23)35(54)22(13-19(2)3)43-33(52)25(59-4)18-61-65(56,57)58/h10,19,21-25,27-32,36,48-51H,5-9,11-18H2,1-4H3,(H7,40,41,42,43,44,52,53,55,56,57,58)/p+1/t21-,22-,23+,24?,25?,27-,28?,29+,30?,31+,32?,36?,39?/m1/s1. The minimum absolute atomic E-state index is 0.0464. The molecule has 0 aromatic carbocycles. The second kappa shape index (κ2) is 22.0. The van der Waals surface area contributed by atoms with Gasteiger partial charge < -0.3 is 65.0 Å². The van der Waals surface area contributed by atoms with Gasteiger partial charge in [-0.15, -0.1) is 0 Å². The smallest absolute Gasteiger partial charge is 0.408 e. The molecule has 3 saturated heterocycles. The molecule has 1 aliphatic carbocycles. The summed E-state index contributed by atoms with van der Waals surface area (Å²) in [6.07, 6.45) is -10.2. The molecule has 7 unspecified atom stereocenters. The number of amides is 4. The van der Waals surface area contributed by atoms with Crippen molar-refractivity contribution in [2.75, 3.05) is 40.0 Å². The number of ether oxygens (including phenoxy) is 5. The summed E-state index contributed by atoms with van der Waals surface area (Å²) in [5, 5.41) is 52.7. The number of aliphatic hydroxyl groups is 4. The van der Waals surface area contributed by atoms with E-state index >= 15 is 4.79 Å². The number of aliphatic hydroxyl groups excluding tert-OH is 4. The number of unbranched alkanes of at least 4 members (excludes halogenated alkanes) is 2. The Bertz CT molecular complexity index is 1920. The fraction of sp³-hybridized carbons (Fsp3) is 0.795. The van der Waals surface area contributed by atoms with Crippen molar-refractivity contribution in [1.82, 2.24) is 20.9 Å². The summed E-state index contributed by atoms with van der Waals surface area (Å²) >= 11 is 0. The molecular formula is C39H64N7O18S+. The number of rotatable bonds is 21. The highest BCUT2D eigenvalue weighted by Gasteiger charge is 2.70. The topological polar surface area (TPSA) is 370 Å². The summed E-state index contributed by atoms with van der Waals surface area (Å²) in [5.74, 6) is -3.49. The summed E-state index contributed by atoms with van der Waals surface area (Å²) in [6.45, 7) is 4.86. The molecule has 2 bridgehead atoms. The lowest BCUT2D eigenvalue weighted by molar-refractivity contribution is -0.503. The van der Waals surface area contributed by atoms with Gasteiger partial charge in [0, 0.05) is 26.5 Å². The third-order valence-electron chi connectivity index (χ3n) is 12.3. The number of guanidine groups is 1. The van der Waals surface area contributed by atoms with E-state index in [0.29, 0.717) is 25.9 Å². The fourth-order valence-electron chi connectivity index (χ4n) is 8.97. The number of nitrogens with one attached hydrogen (secondary N) is 3. The van der Waals surface area contributed by atoms with Gasteiger partial charge in [0.05, 0.1) is 25.2 Å². The average Bonchev–Trinajstić information content (AvgIpc) is 3.84. The van der Waals surface area contributed by atoms with Crippen molar-refractivity contribution in [1.29, 1.82) is 0 Å². The summed E-state index contributed by atoms with van der Waals surface area (Å²) in [4.78, 5) is 69.8. The first-order valence-electron chi connectivity index (χ1n) is 21.6. The highest BCUT2D eigenvalue weighted by Crippen LogP contribution is 2.48. The van der Waals surface area contributed by atoms with Gasteiger partial charge in [-0.3, -0.25) is 39.8 Å². The Kier molecular flexibility index (Phi) is 17.5. The molecule has 0 radical (unpaired) electrons. The number of alkyl carbamates (subject to hydrolysis) is 1.